The van der Waals surface area contributed by atoms with Gasteiger partial charge in [-0.2, -0.15) is 5.26 Å². The maximum atomic E-state index is 8.77. The van der Waals surface area contributed by atoms with E-state index in [9.17, 15) is 0 Å². The third-order valence-corrected chi connectivity index (χ3v) is 2.85. The van der Waals surface area contributed by atoms with Crippen LogP contribution in [0.2, 0.25) is 0 Å². The highest BCUT2D eigenvalue weighted by Crippen LogP contribution is 2.25. The summed E-state index contributed by atoms with van der Waals surface area (Å²) in [6.45, 7) is 8.09. The number of hydrogen-bond acceptors (Lipinski definition) is 3. The van der Waals surface area contributed by atoms with Crippen LogP contribution in [0.25, 0.3) is 0 Å². The molecular formula is C15H23N3. The standard InChI is InChI=1S/C15H23N3/c1-12(2)11-18(10-6-9-16)15-8-5-4-7-14(15)13(3)17/h4-5,7-8,12-13H,6,10-11,17H2,1-3H3. The molecule has 0 saturated carbocycles. The van der Waals surface area contributed by atoms with Gasteiger partial charge < -0.3 is 10.6 Å². The Bertz CT molecular complexity index is 404. The highest BCUT2D eigenvalue weighted by molar-refractivity contribution is 5.55. The predicted molar refractivity (Wildman–Crippen MR) is 76.3 cm³/mol. The highest BCUT2D eigenvalue weighted by Gasteiger charge is 2.14. The van der Waals surface area contributed by atoms with Gasteiger partial charge in [0.15, 0.2) is 0 Å². The van der Waals surface area contributed by atoms with Crippen LogP contribution in [-0.4, -0.2) is 13.1 Å². The van der Waals surface area contributed by atoms with Gasteiger partial charge in [-0.15, -0.1) is 0 Å². The average Bonchev–Trinajstić information content (AvgIpc) is 2.34. The second-order valence-corrected chi connectivity index (χ2v) is 5.10. The van der Waals surface area contributed by atoms with E-state index < -0.39 is 0 Å². The lowest BCUT2D eigenvalue weighted by molar-refractivity contribution is 0.608. The van der Waals surface area contributed by atoms with Crippen molar-refractivity contribution < 1.29 is 0 Å². The molecule has 0 aliphatic carbocycles. The molecule has 0 aliphatic heterocycles. The Morgan fingerprint density at radius 2 is 1.94 bits per heavy atom. The normalized spacial score (nSPS) is 12.2. The zero-order chi connectivity index (χ0) is 13.5. The van der Waals surface area contributed by atoms with Gasteiger partial charge in [-0.05, 0) is 24.5 Å². The van der Waals surface area contributed by atoms with E-state index in [1.807, 2.05) is 19.1 Å². The summed E-state index contributed by atoms with van der Waals surface area (Å²) >= 11 is 0. The van der Waals surface area contributed by atoms with E-state index in [0.29, 0.717) is 12.3 Å². The van der Waals surface area contributed by atoms with Gasteiger partial charge in [-0.25, -0.2) is 0 Å². The van der Waals surface area contributed by atoms with Crippen LogP contribution in [0.5, 0.6) is 0 Å². The number of benzene rings is 1. The quantitative estimate of drug-likeness (QED) is 0.838. The van der Waals surface area contributed by atoms with Gasteiger partial charge in [0.05, 0.1) is 12.5 Å². The summed E-state index contributed by atoms with van der Waals surface area (Å²) in [6.07, 6.45) is 0.542. The number of nitriles is 1. The number of hydrogen-bond donors (Lipinski definition) is 1. The van der Waals surface area contributed by atoms with E-state index in [-0.39, 0.29) is 6.04 Å². The molecule has 1 atom stereocenters. The SMILES string of the molecule is CC(C)CN(CCC#N)c1ccccc1C(C)N. The van der Waals surface area contributed by atoms with E-state index in [0.717, 1.165) is 24.3 Å². The van der Waals surface area contributed by atoms with E-state index >= 15 is 0 Å². The fourth-order valence-corrected chi connectivity index (χ4v) is 2.10. The number of nitrogens with two attached hydrogens (primary N) is 1. The first-order valence-electron chi connectivity index (χ1n) is 6.52. The largest absolute Gasteiger partial charge is 0.370 e. The minimum atomic E-state index is 0.0120. The number of anilines is 1. The topological polar surface area (TPSA) is 53.0 Å². The molecule has 0 radical (unpaired) electrons. The minimum Gasteiger partial charge on any atom is -0.370 e. The zero-order valence-corrected chi connectivity index (χ0v) is 11.6. The van der Waals surface area contributed by atoms with Crippen LogP contribution in [0.15, 0.2) is 24.3 Å². The molecule has 1 aromatic carbocycles. The first-order chi connectivity index (χ1) is 8.56. The van der Waals surface area contributed by atoms with Crippen molar-refractivity contribution in [3.63, 3.8) is 0 Å². The second-order valence-electron chi connectivity index (χ2n) is 5.10. The lowest BCUT2D eigenvalue weighted by Gasteiger charge is -2.29. The number of nitrogens with zero attached hydrogens (tertiary/aromatic N) is 2. The molecule has 1 unspecified atom stereocenters. The zero-order valence-electron chi connectivity index (χ0n) is 11.6. The van der Waals surface area contributed by atoms with Crippen molar-refractivity contribution in [2.75, 3.05) is 18.0 Å². The molecule has 1 rings (SSSR count). The third-order valence-electron chi connectivity index (χ3n) is 2.85. The Morgan fingerprint density at radius 1 is 1.28 bits per heavy atom. The van der Waals surface area contributed by atoms with Crippen LogP contribution >= 0.6 is 0 Å². The van der Waals surface area contributed by atoms with Gasteiger partial charge in [0, 0.05) is 24.8 Å². The van der Waals surface area contributed by atoms with E-state index in [1.165, 1.54) is 0 Å². The lowest BCUT2D eigenvalue weighted by atomic mass is 10.0. The summed E-state index contributed by atoms with van der Waals surface area (Å²) in [7, 11) is 0. The molecule has 3 heteroatoms. The maximum absolute atomic E-state index is 8.77. The summed E-state index contributed by atoms with van der Waals surface area (Å²) in [5.41, 5.74) is 8.33. The summed E-state index contributed by atoms with van der Waals surface area (Å²) in [5.74, 6) is 0.560. The summed E-state index contributed by atoms with van der Waals surface area (Å²) in [6, 6.07) is 10.4. The van der Waals surface area contributed by atoms with Crippen molar-refractivity contribution in [3.8, 4) is 6.07 Å². The molecule has 18 heavy (non-hydrogen) atoms. The van der Waals surface area contributed by atoms with E-state index in [4.69, 9.17) is 11.0 Å². The highest BCUT2D eigenvalue weighted by atomic mass is 15.1. The molecule has 0 fully saturated rings. The molecule has 0 bridgehead atoms. The van der Waals surface area contributed by atoms with Crippen LogP contribution in [0, 0.1) is 17.2 Å². The Balaban J connectivity index is 3.00. The fraction of sp³-hybridized carbons (Fsp3) is 0.533. The molecule has 1 aromatic rings. The Labute approximate surface area is 110 Å². The molecule has 0 aromatic heterocycles. The first-order valence-corrected chi connectivity index (χ1v) is 6.52. The van der Waals surface area contributed by atoms with Crippen molar-refractivity contribution in [1.29, 1.82) is 5.26 Å². The van der Waals surface area contributed by atoms with Crippen molar-refractivity contribution in [2.24, 2.45) is 11.7 Å². The van der Waals surface area contributed by atoms with Crippen molar-refractivity contribution in [3.05, 3.63) is 29.8 Å². The van der Waals surface area contributed by atoms with Crippen LogP contribution in [0.1, 0.15) is 38.8 Å². The predicted octanol–water partition coefficient (Wildman–Crippen LogP) is 3.08. The molecule has 0 heterocycles. The van der Waals surface area contributed by atoms with Crippen molar-refractivity contribution in [2.45, 2.75) is 33.2 Å². The molecule has 3 nitrogen and oxygen atoms in total. The molecule has 2 N–H and O–H groups in total. The third kappa shape index (κ3) is 4.05. The molecule has 0 saturated heterocycles. The van der Waals surface area contributed by atoms with Gasteiger partial charge in [0.2, 0.25) is 0 Å². The second kappa shape index (κ2) is 7.03. The Morgan fingerprint density at radius 3 is 2.50 bits per heavy atom. The summed E-state index contributed by atoms with van der Waals surface area (Å²) in [4.78, 5) is 2.27. The Kier molecular flexibility index (Phi) is 5.67. The maximum Gasteiger partial charge on any atom is 0.0640 e. The van der Waals surface area contributed by atoms with Crippen molar-refractivity contribution in [1.82, 2.24) is 0 Å². The fourth-order valence-electron chi connectivity index (χ4n) is 2.10. The summed E-state index contributed by atoms with van der Waals surface area (Å²) in [5, 5.41) is 8.77. The molecule has 0 amide bonds. The van der Waals surface area contributed by atoms with E-state index in [1.54, 1.807) is 0 Å². The van der Waals surface area contributed by atoms with Gasteiger partial charge in [-0.1, -0.05) is 32.0 Å². The molecular weight excluding hydrogens is 222 g/mol. The molecule has 98 valence electrons. The first kappa shape index (κ1) is 14.5. The van der Waals surface area contributed by atoms with Crippen LogP contribution in [0.3, 0.4) is 0 Å². The lowest BCUT2D eigenvalue weighted by Crippen LogP contribution is -2.30. The van der Waals surface area contributed by atoms with Crippen LogP contribution in [0.4, 0.5) is 5.69 Å². The monoisotopic (exact) mass is 245 g/mol. The number of para-hydroxylation sites is 1. The summed E-state index contributed by atoms with van der Waals surface area (Å²) < 4.78 is 0. The van der Waals surface area contributed by atoms with Gasteiger partial charge in [0.25, 0.3) is 0 Å². The smallest absolute Gasteiger partial charge is 0.0640 e. The van der Waals surface area contributed by atoms with Gasteiger partial charge in [-0.3, -0.25) is 0 Å². The Hall–Kier alpha value is -1.53. The van der Waals surface area contributed by atoms with Crippen molar-refractivity contribution >= 4 is 5.69 Å². The van der Waals surface area contributed by atoms with Gasteiger partial charge in [0.1, 0.15) is 0 Å². The van der Waals surface area contributed by atoms with Crippen LogP contribution < -0.4 is 10.6 Å². The van der Waals surface area contributed by atoms with Gasteiger partial charge >= 0.3 is 0 Å². The molecule has 0 aliphatic rings. The molecule has 0 spiro atoms. The van der Waals surface area contributed by atoms with Crippen LogP contribution in [-0.2, 0) is 0 Å². The minimum absolute atomic E-state index is 0.0120. The van der Waals surface area contributed by atoms with E-state index in [2.05, 4.69) is 36.9 Å². The number of rotatable bonds is 6. The average molecular weight is 245 g/mol.